The van der Waals surface area contributed by atoms with Crippen LogP contribution < -0.4 is 10.2 Å². The van der Waals surface area contributed by atoms with Gasteiger partial charge in [-0.1, -0.05) is 13.0 Å². The molecule has 2 rings (SSSR count). The lowest BCUT2D eigenvalue weighted by Crippen LogP contribution is -2.48. The summed E-state index contributed by atoms with van der Waals surface area (Å²) in [5, 5.41) is 3.38. The Morgan fingerprint density at radius 2 is 2.37 bits per heavy atom. The quantitative estimate of drug-likeness (QED) is 0.883. The van der Waals surface area contributed by atoms with Crippen LogP contribution in [0.4, 0.5) is 5.82 Å². The molecule has 1 aromatic rings. The molecule has 1 aliphatic heterocycles. The van der Waals surface area contributed by atoms with E-state index in [4.69, 9.17) is 4.74 Å². The number of methoxy groups -OCH3 is 1. The summed E-state index contributed by atoms with van der Waals surface area (Å²) in [7, 11) is 1.81. The smallest absolute Gasteiger partial charge is 0.133 e. The van der Waals surface area contributed by atoms with Crippen LogP contribution in [0.15, 0.2) is 18.3 Å². The molecule has 4 heteroatoms. The van der Waals surface area contributed by atoms with Crippen molar-refractivity contribution in [2.45, 2.75) is 38.8 Å². The number of anilines is 1. The minimum absolute atomic E-state index is 0.0504. The number of nitrogens with one attached hydrogen (secondary N) is 1. The van der Waals surface area contributed by atoms with Gasteiger partial charge in [-0.15, -0.1) is 0 Å². The van der Waals surface area contributed by atoms with Crippen molar-refractivity contribution in [1.29, 1.82) is 0 Å². The maximum Gasteiger partial charge on any atom is 0.133 e. The molecule has 1 atom stereocenters. The van der Waals surface area contributed by atoms with Crippen LogP contribution in [-0.2, 0) is 11.3 Å². The molecule has 4 nitrogen and oxygen atoms in total. The van der Waals surface area contributed by atoms with Gasteiger partial charge in [0.05, 0.1) is 5.60 Å². The largest absolute Gasteiger partial charge is 0.377 e. The van der Waals surface area contributed by atoms with E-state index < -0.39 is 0 Å². The predicted octanol–water partition coefficient (Wildman–Crippen LogP) is 2.20. The first-order valence-corrected chi connectivity index (χ1v) is 7.13. The highest BCUT2D eigenvalue weighted by Crippen LogP contribution is 2.28. The molecule has 1 aromatic heterocycles. The first-order chi connectivity index (χ1) is 9.18. The number of nitrogens with zero attached hydrogens (tertiary/aromatic N) is 2. The Morgan fingerprint density at radius 3 is 3.11 bits per heavy atom. The highest BCUT2D eigenvalue weighted by atomic mass is 16.5. The lowest BCUT2D eigenvalue weighted by molar-refractivity contribution is -0.00484. The van der Waals surface area contributed by atoms with E-state index in [-0.39, 0.29) is 5.60 Å². The first kappa shape index (κ1) is 14.3. The van der Waals surface area contributed by atoms with Crippen LogP contribution in [-0.4, -0.2) is 37.3 Å². The molecule has 1 unspecified atom stereocenters. The van der Waals surface area contributed by atoms with Gasteiger partial charge in [0.2, 0.25) is 0 Å². The molecule has 0 bridgehead atoms. The normalized spacial score (nSPS) is 23.6. The number of hydrogen-bond acceptors (Lipinski definition) is 4. The molecule has 0 amide bonds. The van der Waals surface area contributed by atoms with Crippen LogP contribution in [0.3, 0.4) is 0 Å². The summed E-state index contributed by atoms with van der Waals surface area (Å²) in [4.78, 5) is 6.95. The van der Waals surface area contributed by atoms with Gasteiger partial charge in [0, 0.05) is 38.5 Å². The lowest BCUT2D eigenvalue weighted by Gasteiger charge is -2.40. The van der Waals surface area contributed by atoms with E-state index in [0.29, 0.717) is 0 Å². The fourth-order valence-corrected chi connectivity index (χ4v) is 2.67. The Labute approximate surface area is 116 Å². The van der Waals surface area contributed by atoms with Crippen molar-refractivity contribution in [3.8, 4) is 0 Å². The third-order valence-corrected chi connectivity index (χ3v) is 3.88. The zero-order chi connectivity index (χ0) is 13.7. The molecule has 0 saturated carbocycles. The molecule has 19 heavy (non-hydrogen) atoms. The van der Waals surface area contributed by atoms with Gasteiger partial charge in [0.15, 0.2) is 0 Å². The number of rotatable bonds is 5. The second kappa shape index (κ2) is 6.35. The Balaban J connectivity index is 2.16. The van der Waals surface area contributed by atoms with E-state index in [9.17, 15) is 0 Å². The van der Waals surface area contributed by atoms with Crippen LogP contribution in [0.5, 0.6) is 0 Å². The third kappa shape index (κ3) is 3.45. The summed E-state index contributed by atoms with van der Waals surface area (Å²) in [5.41, 5.74) is 1.22. The summed E-state index contributed by atoms with van der Waals surface area (Å²) in [6.45, 7) is 8.14. The topological polar surface area (TPSA) is 37.4 Å². The fourth-order valence-electron chi connectivity index (χ4n) is 2.67. The maximum atomic E-state index is 5.67. The fraction of sp³-hybridized carbons (Fsp3) is 0.667. The maximum absolute atomic E-state index is 5.67. The third-order valence-electron chi connectivity index (χ3n) is 3.88. The summed E-state index contributed by atoms with van der Waals surface area (Å²) >= 11 is 0. The van der Waals surface area contributed by atoms with Gasteiger partial charge in [0.1, 0.15) is 5.82 Å². The molecule has 0 radical (unpaired) electrons. The van der Waals surface area contributed by atoms with Gasteiger partial charge < -0.3 is 15.0 Å². The second-order valence-corrected chi connectivity index (χ2v) is 5.45. The minimum Gasteiger partial charge on any atom is -0.377 e. The Kier molecular flexibility index (Phi) is 4.77. The van der Waals surface area contributed by atoms with Crippen molar-refractivity contribution in [2.75, 3.05) is 31.6 Å². The Hall–Kier alpha value is -1.13. The van der Waals surface area contributed by atoms with Crippen LogP contribution in [0.1, 0.15) is 32.3 Å². The summed E-state index contributed by atoms with van der Waals surface area (Å²) in [6, 6.07) is 4.17. The zero-order valence-electron chi connectivity index (χ0n) is 12.3. The molecule has 1 N–H and O–H groups in total. The average molecular weight is 263 g/mol. The van der Waals surface area contributed by atoms with E-state index in [0.717, 1.165) is 44.8 Å². The number of ether oxygens (including phenoxy) is 1. The molecule has 0 aromatic carbocycles. The van der Waals surface area contributed by atoms with Crippen molar-refractivity contribution in [2.24, 2.45) is 0 Å². The first-order valence-electron chi connectivity index (χ1n) is 7.13. The standard InChI is InChI=1S/C15H25N3O/c1-4-16-11-13-7-5-9-17-14(13)18-10-6-8-15(2,12-18)19-3/h5,7,9,16H,4,6,8,10-12H2,1-3H3. The highest BCUT2D eigenvalue weighted by Gasteiger charge is 2.31. The van der Waals surface area contributed by atoms with Crippen LogP contribution >= 0.6 is 0 Å². The van der Waals surface area contributed by atoms with E-state index in [2.05, 4.69) is 35.1 Å². The van der Waals surface area contributed by atoms with Crippen LogP contribution in [0.2, 0.25) is 0 Å². The predicted molar refractivity (Wildman–Crippen MR) is 78.5 cm³/mol. The molecule has 0 spiro atoms. The van der Waals surface area contributed by atoms with E-state index in [1.807, 2.05) is 19.4 Å². The molecule has 0 aliphatic carbocycles. The molecular weight excluding hydrogens is 238 g/mol. The molecule has 1 saturated heterocycles. The van der Waals surface area contributed by atoms with Crippen molar-refractivity contribution in [3.05, 3.63) is 23.9 Å². The number of piperidine rings is 1. The SMILES string of the molecule is CCNCc1cccnc1N1CCCC(C)(OC)C1. The molecule has 1 fully saturated rings. The molecular formula is C15H25N3O. The second-order valence-electron chi connectivity index (χ2n) is 5.45. The van der Waals surface area contributed by atoms with Crippen molar-refractivity contribution in [1.82, 2.24) is 10.3 Å². The van der Waals surface area contributed by atoms with Crippen molar-refractivity contribution >= 4 is 5.82 Å². The van der Waals surface area contributed by atoms with E-state index in [1.165, 1.54) is 5.56 Å². The van der Waals surface area contributed by atoms with Gasteiger partial charge in [0.25, 0.3) is 0 Å². The molecule has 106 valence electrons. The molecule has 1 aliphatic rings. The minimum atomic E-state index is -0.0504. The monoisotopic (exact) mass is 263 g/mol. The van der Waals surface area contributed by atoms with Crippen LogP contribution in [0, 0.1) is 0 Å². The van der Waals surface area contributed by atoms with E-state index >= 15 is 0 Å². The van der Waals surface area contributed by atoms with Gasteiger partial charge in [-0.05, 0) is 32.4 Å². The van der Waals surface area contributed by atoms with Crippen LogP contribution in [0.25, 0.3) is 0 Å². The van der Waals surface area contributed by atoms with Crippen molar-refractivity contribution < 1.29 is 4.74 Å². The zero-order valence-corrected chi connectivity index (χ0v) is 12.3. The Morgan fingerprint density at radius 1 is 1.53 bits per heavy atom. The lowest BCUT2D eigenvalue weighted by atomic mass is 9.94. The van der Waals surface area contributed by atoms with Crippen molar-refractivity contribution in [3.63, 3.8) is 0 Å². The van der Waals surface area contributed by atoms with Gasteiger partial charge in [-0.2, -0.15) is 0 Å². The summed E-state index contributed by atoms with van der Waals surface area (Å²) in [5.74, 6) is 1.10. The number of aromatic nitrogens is 1. The summed E-state index contributed by atoms with van der Waals surface area (Å²) in [6.07, 6.45) is 4.15. The highest BCUT2D eigenvalue weighted by molar-refractivity contribution is 5.47. The number of pyridine rings is 1. The molecule has 2 heterocycles. The van der Waals surface area contributed by atoms with Gasteiger partial charge >= 0.3 is 0 Å². The number of hydrogen-bond donors (Lipinski definition) is 1. The summed E-state index contributed by atoms with van der Waals surface area (Å²) < 4.78 is 5.67. The Bertz CT molecular complexity index is 410. The van der Waals surface area contributed by atoms with Gasteiger partial charge in [-0.3, -0.25) is 0 Å². The van der Waals surface area contributed by atoms with E-state index in [1.54, 1.807) is 0 Å². The average Bonchev–Trinajstić information content (AvgIpc) is 2.45. The van der Waals surface area contributed by atoms with Gasteiger partial charge in [-0.25, -0.2) is 4.98 Å².